The van der Waals surface area contributed by atoms with Crippen molar-refractivity contribution < 1.29 is 42.1 Å². The molecule has 338 valence electrons. The van der Waals surface area contributed by atoms with Crippen LogP contribution in [0.25, 0.3) is 0 Å². The molecule has 0 saturated carbocycles. The number of carbonyl (C=O) groups is 2. The zero-order valence-corrected chi connectivity index (χ0v) is 38.9. The van der Waals surface area contributed by atoms with Crippen LogP contribution in [0.5, 0.6) is 0 Å². The van der Waals surface area contributed by atoms with Gasteiger partial charge >= 0.3 is 11.9 Å². The molecule has 0 bridgehead atoms. The third-order valence-electron chi connectivity index (χ3n) is 9.83. The van der Waals surface area contributed by atoms with E-state index in [1.165, 1.54) is 89.9 Å². The Morgan fingerprint density at radius 2 is 0.983 bits per heavy atom. The predicted octanol–water partition coefficient (Wildman–Crippen LogP) is 12.8. The van der Waals surface area contributed by atoms with E-state index in [0.717, 1.165) is 70.6 Å². The number of hydrogen-bond donors (Lipinski definition) is 0. The highest BCUT2D eigenvalue weighted by atomic mass is 31.2. The van der Waals surface area contributed by atoms with Gasteiger partial charge in [0.05, 0.1) is 27.7 Å². The van der Waals surface area contributed by atoms with Crippen LogP contribution in [0.4, 0.5) is 0 Å². The minimum Gasteiger partial charge on any atom is -0.756 e. The molecule has 0 aromatic carbocycles. The summed E-state index contributed by atoms with van der Waals surface area (Å²) < 4.78 is 33.9. The Hall–Kier alpha value is -2.03. The Bertz CT molecular complexity index is 1130. The maximum Gasteiger partial charge on any atom is 0.306 e. The second-order valence-electron chi connectivity index (χ2n) is 16.7. The normalized spacial score (nSPS) is 14.0. The van der Waals surface area contributed by atoms with Crippen LogP contribution >= 0.6 is 7.82 Å². The third kappa shape index (κ3) is 43.5. The topological polar surface area (TPSA) is 111 Å². The highest BCUT2D eigenvalue weighted by Gasteiger charge is 2.21. The lowest BCUT2D eigenvalue weighted by Gasteiger charge is -2.28. The number of unbranched alkanes of at least 4 members (excludes halogenated alkanes) is 20. The highest BCUT2D eigenvalue weighted by Crippen LogP contribution is 2.38. The van der Waals surface area contributed by atoms with Crippen LogP contribution in [0.15, 0.2) is 48.6 Å². The number of phosphoric acid groups is 1. The van der Waals surface area contributed by atoms with E-state index in [-0.39, 0.29) is 26.1 Å². The second kappa shape index (κ2) is 40.4. The molecule has 0 N–H and O–H groups in total. The summed E-state index contributed by atoms with van der Waals surface area (Å²) in [7, 11) is 1.15. The number of hydrogen-bond acceptors (Lipinski definition) is 8. The quantitative estimate of drug-likeness (QED) is 0.0196. The van der Waals surface area contributed by atoms with Crippen molar-refractivity contribution >= 4 is 19.8 Å². The number of allylic oxidation sites excluding steroid dienone is 8. The molecule has 0 fully saturated rings. The zero-order valence-electron chi connectivity index (χ0n) is 38.0. The van der Waals surface area contributed by atoms with Crippen molar-refractivity contribution in [3.05, 3.63) is 48.6 Å². The summed E-state index contributed by atoms with van der Waals surface area (Å²) in [4.78, 5) is 37.6. The lowest BCUT2D eigenvalue weighted by molar-refractivity contribution is -0.870. The standard InChI is InChI=1S/C48H88NO8P/c1-6-8-10-12-14-16-18-20-22-23-24-25-27-28-30-32-34-36-38-40-47(50)54-44-46(45-56-58(52,53)55-43-42-49(3,4)5)57-48(51)41-39-37-35-33-31-29-26-21-19-17-15-13-11-9-7-2/h9,11,15,17,20-22,26,46H,6-8,10,12-14,16,18-19,23-25,27-45H2,1-5H3/b11-9-,17-15-,22-20-,26-21-/t46-/m1/s1. The molecule has 0 saturated heterocycles. The fraction of sp³-hybridized carbons (Fsp3) is 0.792. The number of esters is 2. The molecule has 0 heterocycles. The van der Waals surface area contributed by atoms with Gasteiger partial charge in [0, 0.05) is 12.8 Å². The molecule has 0 aromatic heterocycles. The average molecular weight is 838 g/mol. The number of ether oxygens (including phenoxy) is 2. The van der Waals surface area contributed by atoms with Gasteiger partial charge in [0.1, 0.15) is 19.8 Å². The van der Waals surface area contributed by atoms with Crippen LogP contribution < -0.4 is 4.89 Å². The van der Waals surface area contributed by atoms with Crippen LogP contribution in [0.3, 0.4) is 0 Å². The van der Waals surface area contributed by atoms with E-state index in [2.05, 4.69) is 62.5 Å². The second-order valence-corrected chi connectivity index (χ2v) is 18.1. The Kier molecular flexibility index (Phi) is 39.0. The minimum absolute atomic E-state index is 0.0359. The molecule has 0 aliphatic rings. The fourth-order valence-corrected chi connectivity index (χ4v) is 6.92. The van der Waals surface area contributed by atoms with Crippen LogP contribution in [0, 0.1) is 0 Å². The van der Waals surface area contributed by atoms with E-state index >= 15 is 0 Å². The zero-order chi connectivity index (χ0) is 42.8. The molecule has 0 aliphatic carbocycles. The van der Waals surface area contributed by atoms with Gasteiger partial charge in [-0.15, -0.1) is 0 Å². The van der Waals surface area contributed by atoms with Gasteiger partial charge in [-0.1, -0.05) is 159 Å². The predicted molar refractivity (Wildman–Crippen MR) is 240 cm³/mol. The number of quaternary nitrogens is 1. The largest absolute Gasteiger partial charge is 0.756 e. The summed E-state index contributed by atoms with van der Waals surface area (Å²) in [5.41, 5.74) is 0. The Morgan fingerprint density at radius 3 is 1.48 bits per heavy atom. The molecule has 9 nitrogen and oxygen atoms in total. The molecule has 58 heavy (non-hydrogen) atoms. The van der Waals surface area contributed by atoms with Gasteiger partial charge in [-0.2, -0.15) is 0 Å². The highest BCUT2D eigenvalue weighted by molar-refractivity contribution is 7.45. The molecule has 0 aromatic rings. The van der Waals surface area contributed by atoms with Gasteiger partial charge in [-0.05, 0) is 70.6 Å². The Labute approximate surface area is 356 Å². The first-order chi connectivity index (χ1) is 28.0. The molecular formula is C48H88NO8P. The molecule has 1 unspecified atom stereocenters. The van der Waals surface area contributed by atoms with Crippen LogP contribution in [-0.4, -0.2) is 70.0 Å². The molecule has 10 heteroatoms. The van der Waals surface area contributed by atoms with Crippen LogP contribution in [-0.2, 0) is 32.7 Å². The number of likely N-dealkylation sites (N-methyl/N-ethyl adjacent to an activating group) is 1. The number of phosphoric ester groups is 1. The summed E-state index contributed by atoms with van der Waals surface area (Å²) >= 11 is 0. The summed E-state index contributed by atoms with van der Waals surface area (Å²) in [6.07, 6.45) is 47.1. The van der Waals surface area contributed by atoms with E-state index in [4.69, 9.17) is 18.5 Å². The van der Waals surface area contributed by atoms with Crippen molar-refractivity contribution in [3.63, 3.8) is 0 Å². The van der Waals surface area contributed by atoms with Crippen molar-refractivity contribution in [3.8, 4) is 0 Å². The molecule has 0 rings (SSSR count). The molecule has 0 spiro atoms. The number of nitrogens with zero attached hydrogens (tertiary/aromatic N) is 1. The molecule has 0 amide bonds. The minimum atomic E-state index is -4.63. The van der Waals surface area contributed by atoms with Gasteiger partial charge in [-0.25, -0.2) is 0 Å². The van der Waals surface area contributed by atoms with E-state index in [9.17, 15) is 19.0 Å². The molecular weight excluding hydrogens is 750 g/mol. The number of carbonyl (C=O) groups excluding carboxylic acids is 2. The van der Waals surface area contributed by atoms with Crippen LogP contribution in [0.2, 0.25) is 0 Å². The smallest absolute Gasteiger partial charge is 0.306 e. The number of rotatable bonds is 42. The first-order valence-corrected chi connectivity index (χ1v) is 24.8. The van der Waals surface area contributed by atoms with E-state index in [1.807, 2.05) is 21.1 Å². The summed E-state index contributed by atoms with van der Waals surface area (Å²) in [5, 5.41) is 0. The molecule has 0 radical (unpaired) electrons. The van der Waals surface area contributed by atoms with Crippen molar-refractivity contribution in [2.75, 3.05) is 47.5 Å². The van der Waals surface area contributed by atoms with Gasteiger partial charge < -0.3 is 27.9 Å². The molecule has 2 atom stereocenters. The summed E-state index contributed by atoms with van der Waals surface area (Å²) in [5.74, 6) is -0.856. The SMILES string of the molecule is CC/C=C\C/C=C\C/C=C\CCCCCCCC(=O)O[C@H](COC(=O)CCCCCCCCCCC/C=C\CCCCCCCC)COP(=O)([O-])OCC[N+](C)(C)C. The fourth-order valence-electron chi connectivity index (χ4n) is 6.19. The van der Waals surface area contributed by atoms with Crippen molar-refractivity contribution in [2.24, 2.45) is 0 Å². The van der Waals surface area contributed by atoms with E-state index < -0.39 is 32.5 Å². The van der Waals surface area contributed by atoms with Crippen LogP contribution in [0.1, 0.15) is 194 Å². The lowest BCUT2D eigenvalue weighted by atomic mass is 10.1. The first kappa shape index (κ1) is 56.0. The van der Waals surface area contributed by atoms with Crippen molar-refractivity contribution in [1.29, 1.82) is 0 Å². The third-order valence-corrected chi connectivity index (χ3v) is 10.8. The summed E-state index contributed by atoms with van der Waals surface area (Å²) in [6.45, 7) is 4.09. The van der Waals surface area contributed by atoms with Crippen molar-refractivity contribution in [1.82, 2.24) is 0 Å². The summed E-state index contributed by atoms with van der Waals surface area (Å²) in [6, 6.07) is 0. The van der Waals surface area contributed by atoms with Gasteiger partial charge in [0.2, 0.25) is 0 Å². The maximum atomic E-state index is 12.7. The molecule has 0 aliphatic heterocycles. The Balaban J connectivity index is 4.32. The van der Waals surface area contributed by atoms with Gasteiger partial charge in [-0.3, -0.25) is 14.2 Å². The van der Waals surface area contributed by atoms with E-state index in [0.29, 0.717) is 17.4 Å². The van der Waals surface area contributed by atoms with E-state index in [1.54, 1.807) is 0 Å². The first-order valence-electron chi connectivity index (χ1n) is 23.3. The average Bonchev–Trinajstić information content (AvgIpc) is 3.17. The van der Waals surface area contributed by atoms with Crippen molar-refractivity contribution in [2.45, 2.75) is 200 Å². The monoisotopic (exact) mass is 838 g/mol. The van der Waals surface area contributed by atoms with Gasteiger partial charge in [0.25, 0.3) is 7.82 Å². The maximum absolute atomic E-state index is 12.7. The Morgan fingerprint density at radius 1 is 0.552 bits per heavy atom. The lowest BCUT2D eigenvalue weighted by Crippen LogP contribution is -2.37. The van der Waals surface area contributed by atoms with Gasteiger partial charge in [0.15, 0.2) is 6.10 Å².